The first kappa shape index (κ1) is 13.4. The first-order chi connectivity index (χ1) is 9.16. The number of hydrogen-bond donors (Lipinski definition) is 2. The van der Waals surface area contributed by atoms with Crippen LogP contribution in [0.25, 0.3) is 0 Å². The average molecular weight is 264 g/mol. The number of carbonyl (C=O) groups excluding carboxylic acids is 1. The van der Waals surface area contributed by atoms with Crippen LogP contribution in [0.1, 0.15) is 0 Å². The molecule has 0 spiro atoms. The van der Waals surface area contributed by atoms with Crippen molar-refractivity contribution in [2.24, 2.45) is 0 Å². The molecular formula is C13H16N2O4. The van der Waals surface area contributed by atoms with Crippen molar-refractivity contribution in [1.82, 2.24) is 10.2 Å². The molecule has 0 aromatic heterocycles. The number of benzene rings is 1. The van der Waals surface area contributed by atoms with Gasteiger partial charge in [0.2, 0.25) is 5.91 Å². The molecule has 1 aromatic carbocycles. The van der Waals surface area contributed by atoms with Gasteiger partial charge in [-0.1, -0.05) is 18.2 Å². The Balaban J connectivity index is 1.85. The number of carboxylic acid groups (broad SMARTS) is 1. The molecule has 0 saturated carbocycles. The van der Waals surface area contributed by atoms with Gasteiger partial charge in [0.1, 0.15) is 18.4 Å². The highest BCUT2D eigenvalue weighted by Crippen LogP contribution is 2.09. The average Bonchev–Trinajstić information content (AvgIpc) is 2.39. The molecule has 1 heterocycles. The lowest BCUT2D eigenvalue weighted by Crippen LogP contribution is -2.58. The molecule has 1 saturated heterocycles. The lowest BCUT2D eigenvalue weighted by molar-refractivity contribution is -0.146. The van der Waals surface area contributed by atoms with Crippen LogP contribution in [-0.4, -0.2) is 54.2 Å². The summed E-state index contributed by atoms with van der Waals surface area (Å²) in [5.74, 6) is -0.354. The Labute approximate surface area is 111 Å². The van der Waals surface area contributed by atoms with Crippen LogP contribution >= 0.6 is 0 Å². The first-order valence-corrected chi connectivity index (χ1v) is 6.08. The van der Waals surface area contributed by atoms with Crippen molar-refractivity contribution >= 4 is 11.9 Å². The Morgan fingerprint density at radius 1 is 1.42 bits per heavy atom. The van der Waals surface area contributed by atoms with E-state index < -0.39 is 12.0 Å². The number of nitrogens with zero attached hydrogens (tertiary/aromatic N) is 1. The number of ether oxygens (including phenoxy) is 1. The third-order valence-corrected chi connectivity index (χ3v) is 2.96. The van der Waals surface area contributed by atoms with Crippen LogP contribution < -0.4 is 10.1 Å². The summed E-state index contributed by atoms with van der Waals surface area (Å²) in [5, 5.41) is 11.6. The van der Waals surface area contributed by atoms with E-state index in [1.54, 1.807) is 4.90 Å². The number of carbonyl (C=O) groups is 2. The van der Waals surface area contributed by atoms with Gasteiger partial charge < -0.3 is 15.2 Å². The molecule has 1 unspecified atom stereocenters. The minimum absolute atomic E-state index is 0.0924. The van der Waals surface area contributed by atoms with Gasteiger partial charge in [0.25, 0.3) is 0 Å². The summed E-state index contributed by atoms with van der Waals surface area (Å²) in [6, 6.07) is 8.60. The second-order valence-corrected chi connectivity index (χ2v) is 4.29. The zero-order valence-corrected chi connectivity index (χ0v) is 10.4. The second kappa shape index (κ2) is 6.19. The maximum absolute atomic E-state index is 11.3. The number of carboxylic acids is 1. The van der Waals surface area contributed by atoms with Crippen molar-refractivity contribution in [2.45, 2.75) is 6.04 Å². The van der Waals surface area contributed by atoms with Crippen molar-refractivity contribution in [3.05, 3.63) is 30.3 Å². The van der Waals surface area contributed by atoms with Crippen LogP contribution in [0, 0.1) is 0 Å². The standard InChI is InChI=1S/C13H16N2O4/c16-12-9-15(11(8-14-12)13(17)18)6-7-19-10-4-2-1-3-5-10/h1-5,11H,6-9H2,(H,14,16)(H,17,18). The summed E-state index contributed by atoms with van der Waals surface area (Å²) in [7, 11) is 0. The van der Waals surface area contributed by atoms with Crippen LogP contribution in [0.2, 0.25) is 0 Å². The predicted octanol–water partition coefficient (Wildman–Crippen LogP) is -0.0496. The number of rotatable bonds is 5. The van der Waals surface area contributed by atoms with E-state index in [0.717, 1.165) is 5.75 Å². The van der Waals surface area contributed by atoms with Gasteiger partial charge in [-0.3, -0.25) is 14.5 Å². The fraction of sp³-hybridized carbons (Fsp3) is 0.385. The number of aliphatic carboxylic acids is 1. The maximum Gasteiger partial charge on any atom is 0.322 e. The van der Waals surface area contributed by atoms with E-state index in [4.69, 9.17) is 9.84 Å². The second-order valence-electron chi connectivity index (χ2n) is 4.29. The Morgan fingerprint density at radius 3 is 2.84 bits per heavy atom. The van der Waals surface area contributed by atoms with Gasteiger partial charge in [-0.15, -0.1) is 0 Å². The first-order valence-electron chi connectivity index (χ1n) is 6.08. The van der Waals surface area contributed by atoms with Gasteiger partial charge in [-0.05, 0) is 12.1 Å². The van der Waals surface area contributed by atoms with Gasteiger partial charge in [-0.2, -0.15) is 0 Å². The van der Waals surface area contributed by atoms with Crippen LogP contribution in [-0.2, 0) is 9.59 Å². The number of amides is 1. The fourth-order valence-electron chi connectivity index (χ4n) is 1.97. The third-order valence-electron chi connectivity index (χ3n) is 2.96. The molecule has 19 heavy (non-hydrogen) atoms. The number of hydrogen-bond acceptors (Lipinski definition) is 4. The minimum Gasteiger partial charge on any atom is -0.492 e. The normalized spacial score (nSPS) is 19.8. The highest BCUT2D eigenvalue weighted by molar-refractivity contribution is 5.83. The molecule has 0 aliphatic carbocycles. The highest BCUT2D eigenvalue weighted by atomic mass is 16.5. The SMILES string of the molecule is O=C1CN(CCOc2ccccc2)C(C(=O)O)CN1. The molecule has 0 bridgehead atoms. The lowest BCUT2D eigenvalue weighted by Gasteiger charge is -2.32. The van der Waals surface area contributed by atoms with Gasteiger partial charge in [0.05, 0.1) is 6.54 Å². The maximum atomic E-state index is 11.3. The Bertz CT molecular complexity index is 449. The van der Waals surface area contributed by atoms with Gasteiger partial charge in [0.15, 0.2) is 0 Å². The molecule has 1 aliphatic rings. The molecular weight excluding hydrogens is 248 g/mol. The molecule has 1 fully saturated rings. The monoisotopic (exact) mass is 264 g/mol. The molecule has 1 aliphatic heterocycles. The van der Waals surface area contributed by atoms with Crippen molar-refractivity contribution in [1.29, 1.82) is 0 Å². The number of piperazine rings is 1. The van der Waals surface area contributed by atoms with Crippen LogP contribution in [0.15, 0.2) is 30.3 Å². The van der Waals surface area contributed by atoms with Crippen LogP contribution in [0.5, 0.6) is 5.75 Å². The summed E-state index contributed by atoms with van der Waals surface area (Å²) >= 11 is 0. The van der Waals surface area contributed by atoms with Crippen molar-refractivity contribution < 1.29 is 19.4 Å². The Morgan fingerprint density at radius 2 is 2.16 bits per heavy atom. The summed E-state index contributed by atoms with van der Waals surface area (Å²) in [4.78, 5) is 24.0. The van der Waals surface area contributed by atoms with Crippen molar-refractivity contribution in [2.75, 3.05) is 26.2 Å². The quantitative estimate of drug-likeness (QED) is 0.779. The third kappa shape index (κ3) is 3.69. The lowest BCUT2D eigenvalue weighted by atomic mass is 10.2. The molecule has 102 valence electrons. The van der Waals surface area contributed by atoms with Gasteiger partial charge in [-0.25, -0.2) is 0 Å². The number of para-hydroxylation sites is 1. The number of nitrogens with one attached hydrogen (secondary N) is 1. The smallest absolute Gasteiger partial charge is 0.322 e. The Kier molecular flexibility index (Phi) is 4.35. The summed E-state index contributed by atoms with van der Waals surface area (Å²) in [6.07, 6.45) is 0. The van der Waals surface area contributed by atoms with Crippen LogP contribution in [0.4, 0.5) is 0 Å². The van der Waals surface area contributed by atoms with Gasteiger partial charge in [0, 0.05) is 13.1 Å². The van der Waals surface area contributed by atoms with Gasteiger partial charge >= 0.3 is 5.97 Å². The molecule has 6 nitrogen and oxygen atoms in total. The van der Waals surface area contributed by atoms with Crippen molar-refractivity contribution in [3.8, 4) is 5.75 Å². The van der Waals surface area contributed by atoms with E-state index in [9.17, 15) is 9.59 Å². The topological polar surface area (TPSA) is 78.9 Å². The molecule has 1 amide bonds. The van der Waals surface area contributed by atoms with E-state index in [-0.39, 0.29) is 19.0 Å². The zero-order valence-electron chi connectivity index (χ0n) is 10.4. The molecule has 1 atom stereocenters. The highest BCUT2D eigenvalue weighted by Gasteiger charge is 2.31. The minimum atomic E-state index is -0.931. The molecule has 0 radical (unpaired) electrons. The van der Waals surface area contributed by atoms with E-state index >= 15 is 0 Å². The summed E-state index contributed by atoms with van der Waals surface area (Å²) in [5.41, 5.74) is 0. The molecule has 6 heteroatoms. The van der Waals surface area contributed by atoms with E-state index in [1.165, 1.54) is 0 Å². The van der Waals surface area contributed by atoms with Crippen LogP contribution in [0.3, 0.4) is 0 Å². The fourth-order valence-corrected chi connectivity index (χ4v) is 1.97. The molecule has 2 N–H and O–H groups in total. The predicted molar refractivity (Wildman–Crippen MR) is 67.9 cm³/mol. The van der Waals surface area contributed by atoms with E-state index in [2.05, 4.69) is 5.32 Å². The molecule has 2 rings (SSSR count). The summed E-state index contributed by atoms with van der Waals surface area (Å²) in [6.45, 7) is 0.981. The Hall–Kier alpha value is -2.08. The summed E-state index contributed by atoms with van der Waals surface area (Å²) < 4.78 is 5.51. The zero-order chi connectivity index (χ0) is 13.7. The largest absolute Gasteiger partial charge is 0.492 e. The van der Waals surface area contributed by atoms with E-state index in [0.29, 0.717) is 13.2 Å². The molecule has 1 aromatic rings. The van der Waals surface area contributed by atoms with Crippen molar-refractivity contribution in [3.63, 3.8) is 0 Å². The van der Waals surface area contributed by atoms with E-state index in [1.807, 2.05) is 30.3 Å².